The maximum atomic E-state index is 13.7. The standard InChI is InChI=1S/C19H18F6O2.C14H20O3/c1-2-26-12-17(20,21)19(24,25)18(22,23)13-27-16-10-8-15(9-11-16)14-6-4-3-5-7-14;1-3-11(2)5-4-10-17-13-8-6-12(7-9-13)14(15)16/h3-11H,2,12-13H2,1H3;6-9,11H,3-5,10H2,1-2H3,(H,15,16)/t;11-/m.0/s1. The van der Waals surface area contributed by atoms with Crippen LogP contribution >= 0.6 is 0 Å². The second-order valence-corrected chi connectivity index (χ2v) is 10.1. The van der Waals surface area contributed by atoms with Crippen molar-refractivity contribution < 1.29 is 50.5 Å². The Balaban J connectivity index is 0.000000342. The summed E-state index contributed by atoms with van der Waals surface area (Å²) in [6.45, 7) is 2.40. The van der Waals surface area contributed by atoms with E-state index in [1.807, 2.05) is 30.3 Å². The van der Waals surface area contributed by atoms with E-state index in [1.165, 1.54) is 31.9 Å². The molecule has 11 heteroatoms. The minimum atomic E-state index is -5.63. The second-order valence-electron chi connectivity index (χ2n) is 10.1. The number of hydrogen-bond acceptors (Lipinski definition) is 4. The van der Waals surface area contributed by atoms with Crippen LogP contribution in [0.1, 0.15) is 50.4 Å². The molecule has 0 unspecified atom stereocenters. The van der Waals surface area contributed by atoms with Gasteiger partial charge in [-0.1, -0.05) is 62.7 Å². The van der Waals surface area contributed by atoms with Gasteiger partial charge in [-0.3, -0.25) is 0 Å². The molecule has 44 heavy (non-hydrogen) atoms. The van der Waals surface area contributed by atoms with E-state index in [2.05, 4.69) is 23.3 Å². The topological polar surface area (TPSA) is 65.0 Å². The summed E-state index contributed by atoms with van der Waals surface area (Å²) in [6.07, 6.45) is 3.41. The summed E-state index contributed by atoms with van der Waals surface area (Å²) in [5.41, 5.74) is 1.90. The van der Waals surface area contributed by atoms with Gasteiger partial charge in [-0.2, -0.15) is 26.3 Å². The van der Waals surface area contributed by atoms with Crippen molar-refractivity contribution in [2.75, 3.05) is 26.4 Å². The molecule has 3 aromatic rings. The maximum absolute atomic E-state index is 13.7. The van der Waals surface area contributed by atoms with Gasteiger partial charge in [0.05, 0.1) is 12.2 Å². The fourth-order valence-electron chi connectivity index (χ4n) is 3.75. The number of halogens is 6. The number of alkyl halides is 6. The Kier molecular flexibility index (Phi) is 14.0. The normalized spacial score (nSPS) is 12.6. The zero-order chi connectivity index (χ0) is 32.8. The summed E-state index contributed by atoms with van der Waals surface area (Å²) < 4.78 is 96.0. The highest BCUT2D eigenvalue weighted by Gasteiger charge is 2.71. The summed E-state index contributed by atoms with van der Waals surface area (Å²) in [5, 5.41) is 8.74. The number of carboxylic acid groups (broad SMARTS) is 1. The van der Waals surface area contributed by atoms with Crippen molar-refractivity contribution >= 4 is 5.97 Å². The van der Waals surface area contributed by atoms with E-state index in [0.717, 1.165) is 29.2 Å². The lowest BCUT2D eigenvalue weighted by Crippen LogP contribution is -2.58. The third kappa shape index (κ3) is 10.8. The summed E-state index contributed by atoms with van der Waals surface area (Å²) >= 11 is 0. The van der Waals surface area contributed by atoms with Crippen molar-refractivity contribution in [3.63, 3.8) is 0 Å². The van der Waals surface area contributed by atoms with E-state index in [4.69, 9.17) is 9.84 Å². The zero-order valence-corrected chi connectivity index (χ0v) is 24.9. The quantitative estimate of drug-likeness (QED) is 0.127. The monoisotopic (exact) mass is 628 g/mol. The van der Waals surface area contributed by atoms with Crippen molar-refractivity contribution in [2.24, 2.45) is 5.92 Å². The molecular weight excluding hydrogens is 590 g/mol. The van der Waals surface area contributed by atoms with Gasteiger partial charge >= 0.3 is 23.7 Å². The van der Waals surface area contributed by atoms with Crippen LogP contribution in [0.25, 0.3) is 11.1 Å². The van der Waals surface area contributed by atoms with Crippen LogP contribution in [0.5, 0.6) is 11.5 Å². The number of aromatic carboxylic acids is 1. The molecule has 0 aromatic heterocycles. The Morgan fingerprint density at radius 1 is 0.750 bits per heavy atom. The molecule has 3 aromatic carbocycles. The molecule has 0 aliphatic rings. The van der Waals surface area contributed by atoms with Crippen LogP contribution in [0, 0.1) is 5.92 Å². The average Bonchev–Trinajstić information content (AvgIpc) is 3.02. The SMILES string of the molecule is CCOCC(F)(F)C(F)(F)C(F)(F)COc1ccc(-c2ccccc2)cc1.CC[C@H](C)CCCOc1ccc(C(=O)O)cc1. The van der Waals surface area contributed by atoms with Gasteiger partial charge in [0, 0.05) is 6.61 Å². The number of ether oxygens (including phenoxy) is 3. The Bertz CT molecular complexity index is 1250. The Morgan fingerprint density at radius 3 is 1.82 bits per heavy atom. The predicted octanol–water partition coefficient (Wildman–Crippen LogP) is 9.26. The van der Waals surface area contributed by atoms with E-state index >= 15 is 0 Å². The van der Waals surface area contributed by atoms with Crippen molar-refractivity contribution in [1.29, 1.82) is 0 Å². The van der Waals surface area contributed by atoms with Crippen LogP contribution in [-0.2, 0) is 4.74 Å². The minimum absolute atomic E-state index is 0.140. The van der Waals surface area contributed by atoms with Crippen molar-refractivity contribution in [1.82, 2.24) is 0 Å². The lowest BCUT2D eigenvalue weighted by Gasteiger charge is -2.32. The third-order valence-electron chi connectivity index (χ3n) is 6.70. The van der Waals surface area contributed by atoms with Crippen LogP contribution < -0.4 is 9.47 Å². The molecule has 0 amide bonds. The second kappa shape index (κ2) is 16.9. The predicted molar refractivity (Wildman–Crippen MR) is 156 cm³/mol. The lowest BCUT2D eigenvalue weighted by atomic mass is 10.0. The van der Waals surface area contributed by atoms with Crippen LogP contribution in [0.3, 0.4) is 0 Å². The maximum Gasteiger partial charge on any atom is 0.377 e. The van der Waals surface area contributed by atoms with E-state index < -0.39 is 37.0 Å². The van der Waals surface area contributed by atoms with Crippen LogP contribution in [0.4, 0.5) is 26.3 Å². The molecule has 1 N–H and O–H groups in total. The molecule has 0 heterocycles. The number of benzene rings is 3. The van der Waals surface area contributed by atoms with Gasteiger partial charge in [-0.25, -0.2) is 4.79 Å². The summed E-state index contributed by atoms with van der Waals surface area (Å²) in [7, 11) is 0. The van der Waals surface area contributed by atoms with E-state index in [-0.39, 0.29) is 17.9 Å². The molecular formula is C33H38F6O5. The molecule has 3 rings (SSSR count). The molecule has 0 fully saturated rings. The number of hydrogen-bond donors (Lipinski definition) is 1. The van der Waals surface area contributed by atoms with Crippen molar-refractivity contribution in [3.8, 4) is 22.6 Å². The lowest BCUT2D eigenvalue weighted by molar-refractivity contribution is -0.324. The summed E-state index contributed by atoms with van der Waals surface area (Å²) in [6, 6.07) is 21.3. The molecule has 0 aliphatic heterocycles. The molecule has 0 aliphatic carbocycles. The van der Waals surface area contributed by atoms with Crippen molar-refractivity contribution in [2.45, 2.75) is 57.8 Å². The number of carbonyl (C=O) groups is 1. The first kappa shape index (κ1) is 36.5. The fourth-order valence-corrected chi connectivity index (χ4v) is 3.75. The Hall–Kier alpha value is -3.73. The molecule has 1 atom stereocenters. The van der Waals surface area contributed by atoms with Gasteiger partial charge in [-0.15, -0.1) is 0 Å². The molecule has 0 spiro atoms. The molecule has 0 radical (unpaired) electrons. The molecule has 0 bridgehead atoms. The van der Waals surface area contributed by atoms with Crippen LogP contribution in [0.2, 0.25) is 0 Å². The smallest absolute Gasteiger partial charge is 0.377 e. The van der Waals surface area contributed by atoms with Gasteiger partial charge in [0.2, 0.25) is 0 Å². The van der Waals surface area contributed by atoms with Gasteiger partial charge in [0.25, 0.3) is 0 Å². The van der Waals surface area contributed by atoms with Crippen molar-refractivity contribution in [3.05, 3.63) is 84.4 Å². The first-order valence-corrected chi connectivity index (χ1v) is 14.2. The Labute approximate surface area is 253 Å². The summed E-state index contributed by atoms with van der Waals surface area (Å²) in [5.74, 6) is -15.3. The van der Waals surface area contributed by atoms with Crippen LogP contribution in [0.15, 0.2) is 78.9 Å². The van der Waals surface area contributed by atoms with E-state index in [0.29, 0.717) is 6.61 Å². The molecule has 0 saturated carbocycles. The fraction of sp³-hybridized carbons (Fsp3) is 0.424. The Morgan fingerprint density at radius 2 is 1.27 bits per heavy atom. The van der Waals surface area contributed by atoms with E-state index in [9.17, 15) is 31.1 Å². The molecule has 0 saturated heterocycles. The van der Waals surface area contributed by atoms with E-state index in [1.54, 1.807) is 36.4 Å². The first-order valence-electron chi connectivity index (χ1n) is 14.2. The number of carboxylic acids is 1. The minimum Gasteiger partial charge on any atom is -0.494 e. The van der Waals surface area contributed by atoms with Gasteiger partial charge in [0.15, 0.2) is 6.61 Å². The highest BCUT2D eigenvalue weighted by atomic mass is 19.3. The van der Waals surface area contributed by atoms with Crippen LogP contribution in [-0.4, -0.2) is 55.3 Å². The van der Waals surface area contributed by atoms with Gasteiger partial charge in [0.1, 0.15) is 18.1 Å². The van der Waals surface area contributed by atoms with Gasteiger partial charge < -0.3 is 19.3 Å². The third-order valence-corrected chi connectivity index (χ3v) is 6.70. The first-order chi connectivity index (χ1) is 20.7. The largest absolute Gasteiger partial charge is 0.494 e. The number of rotatable bonds is 16. The summed E-state index contributed by atoms with van der Waals surface area (Å²) in [4.78, 5) is 10.6. The van der Waals surface area contributed by atoms with Gasteiger partial charge in [-0.05, 0) is 73.2 Å². The highest BCUT2D eigenvalue weighted by molar-refractivity contribution is 5.87. The highest BCUT2D eigenvalue weighted by Crippen LogP contribution is 2.46. The average molecular weight is 629 g/mol. The molecule has 5 nitrogen and oxygen atoms in total. The molecule has 242 valence electrons. The zero-order valence-electron chi connectivity index (χ0n) is 24.9.